The molecule has 98 valence electrons. The van der Waals surface area contributed by atoms with Gasteiger partial charge in [0, 0.05) is 38.6 Å². The largest absolute Gasteiger partial charge is 0.369 e. The molecule has 0 unspecified atom stereocenters. The second-order valence-corrected chi connectivity index (χ2v) is 4.76. The smallest absolute Gasteiger partial charge is 0.202 e. The van der Waals surface area contributed by atoms with Crippen LogP contribution in [-0.2, 0) is 20.0 Å². The van der Waals surface area contributed by atoms with E-state index in [0.717, 1.165) is 17.9 Å². The van der Waals surface area contributed by atoms with Crippen LogP contribution in [0.5, 0.6) is 0 Å². The van der Waals surface area contributed by atoms with Crippen molar-refractivity contribution >= 4 is 28.7 Å². The summed E-state index contributed by atoms with van der Waals surface area (Å²) in [4.78, 5) is 12.8. The van der Waals surface area contributed by atoms with E-state index in [9.17, 15) is 0 Å². The number of fused-ring (bicyclic) bond motifs is 1. The van der Waals surface area contributed by atoms with Crippen LogP contribution in [0.15, 0.2) is 24.7 Å². The summed E-state index contributed by atoms with van der Waals surface area (Å²) in [5.74, 6) is 1.44. The van der Waals surface area contributed by atoms with Crippen LogP contribution in [0.2, 0.25) is 5.02 Å². The molecule has 0 radical (unpaired) electrons. The lowest BCUT2D eigenvalue weighted by molar-refractivity contribution is 0.666. The van der Waals surface area contributed by atoms with Gasteiger partial charge in [0.05, 0.1) is 5.02 Å². The summed E-state index contributed by atoms with van der Waals surface area (Å²) in [5, 5.41) is 0.557. The maximum atomic E-state index is 5.92. The summed E-state index contributed by atoms with van der Waals surface area (Å²) >= 11 is 5.89. The number of halogens is 1. The summed E-state index contributed by atoms with van der Waals surface area (Å²) in [6, 6.07) is 1.76. The highest BCUT2D eigenvalue weighted by Gasteiger charge is 2.10. The second kappa shape index (κ2) is 4.55. The van der Waals surface area contributed by atoms with E-state index in [4.69, 9.17) is 17.3 Å². The third-order valence-electron chi connectivity index (χ3n) is 3.06. The maximum absolute atomic E-state index is 5.92. The van der Waals surface area contributed by atoms with Gasteiger partial charge in [0.15, 0.2) is 5.65 Å². The Balaban J connectivity index is 1.92. The number of nitrogen functional groups attached to an aromatic ring is 1. The van der Waals surface area contributed by atoms with Crippen LogP contribution in [0.1, 0.15) is 5.82 Å². The number of rotatable bonds is 3. The lowest BCUT2D eigenvalue weighted by atomic mass is 10.4. The number of imidazole rings is 2. The minimum Gasteiger partial charge on any atom is -0.369 e. The molecule has 2 N–H and O–H groups in total. The summed E-state index contributed by atoms with van der Waals surface area (Å²) in [7, 11) is 1.97. The molecule has 3 aromatic heterocycles. The summed E-state index contributed by atoms with van der Waals surface area (Å²) in [6.07, 6.45) is 6.07. The second-order valence-electron chi connectivity index (χ2n) is 4.32. The zero-order chi connectivity index (χ0) is 13.4. The first-order valence-electron chi connectivity index (χ1n) is 5.88. The van der Waals surface area contributed by atoms with E-state index in [0.29, 0.717) is 23.0 Å². The van der Waals surface area contributed by atoms with E-state index in [1.54, 1.807) is 18.5 Å². The lowest BCUT2D eigenvalue weighted by Gasteiger charge is -2.05. The predicted octanol–water partition coefficient (Wildman–Crippen LogP) is 1.64. The highest BCUT2D eigenvalue weighted by molar-refractivity contribution is 6.31. The minimum atomic E-state index is 0.443. The Morgan fingerprint density at radius 3 is 2.95 bits per heavy atom. The first kappa shape index (κ1) is 12.0. The van der Waals surface area contributed by atoms with Gasteiger partial charge in [-0.2, -0.15) is 0 Å². The zero-order valence-electron chi connectivity index (χ0n) is 10.4. The number of hydrogen-bond donors (Lipinski definition) is 1. The van der Waals surface area contributed by atoms with Crippen molar-refractivity contribution in [1.82, 2.24) is 24.1 Å². The average Bonchev–Trinajstić information content (AvgIpc) is 2.90. The fourth-order valence-electron chi connectivity index (χ4n) is 2.07. The Morgan fingerprint density at radius 1 is 1.37 bits per heavy atom. The number of hydrogen-bond acceptors (Lipinski definition) is 4. The van der Waals surface area contributed by atoms with Crippen molar-refractivity contribution in [1.29, 1.82) is 0 Å². The van der Waals surface area contributed by atoms with Gasteiger partial charge in [0.1, 0.15) is 11.3 Å². The molecule has 0 saturated carbocycles. The van der Waals surface area contributed by atoms with Crippen molar-refractivity contribution in [2.75, 3.05) is 5.73 Å². The van der Waals surface area contributed by atoms with Crippen molar-refractivity contribution in [3.63, 3.8) is 0 Å². The Kier molecular flexibility index (Phi) is 2.87. The molecule has 6 nitrogen and oxygen atoms in total. The maximum Gasteiger partial charge on any atom is 0.202 e. The molecule has 0 amide bonds. The fraction of sp³-hybridized carbons (Fsp3) is 0.250. The van der Waals surface area contributed by atoms with E-state index in [2.05, 4.69) is 15.0 Å². The summed E-state index contributed by atoms with van der Waals surface area (Å²) in [5.41, 5.74) is 7.38. The molecule has 0 fully saturated rings. The Labute approximate surface area is 114 Å². The summed E-state index contributed by atoms with van der Waals surface area (Å²) < 4.78 is 3.86. The molecule has 0 aromatic carbocycles. The van der Waals surface area contributed by atoms with Crippen molar-refractivity contribution < 1.29 is 0 Å². The highest BCUT2D eigenvalue weighted by Crippen LogP contribution is 2.19. The Bertz CT molecular complexity index is 729. The fourth-order valence-corrected chi connectivity index (χ4v) is 2.23. The number of nitrogens with two attached hydrogens (primary N) is 1. The van der Waals surface area contributed by atoms with Crippen LogP contribution in [0.3, 0.4) is 0 Å². The molecule has 0 aliphatic carbocycles. The Hall–Kier alpha value is -2.08. The van der Waals surface area contributed by atoms with E-state index in [-0.39, 0.29) is 0 Å². The quantitative estimate of drug-likeness (QED) is 0.789. The molecule has 0 aliphatic rings. The van der Waals surface area contributed by atoms with E-state index in [1.165, 1.54) is 0 Å². The van der Waals surface area contributed by atoms with Crippen molar-refractivity contribution in [3.05, 3.63) is 35.5 Å². The molecule has 3 aromatic rings. The molecule has 3 rings (SSSR count). The van der Waals surface area contributed by atoms with Crippen molar-refractivity contribution in [3.8, 4) is 0 Å². The van der Waals surface area contributed by atoms with Gasteiger partial charge >= 0.3 is 0 Å². The number of aryl methyl sites for hydroxylation is 3. The SMILES string of the molecule is Cn1ccnc1CCn1c(N)nc2cc(Cl)cnc21. The number of nitrogens with zero attached hydrogens (tertiary/aromatic N) is 5. The molecule has 0 saturated heterocycles. The van der Waals surface area contributed by atoms with Crippen molar-refractivity contribution in [2.24, 2.45) is 7.05 Å². The molecule has 3 heterocycles. The highest BCUT2D eigenvalue weighted by atomic mass is 35.5. The van der Waals surface area contributed by atoms with Crippen LogP contribution in [0, 0.1) is 0 Å². The zero-order valence-corrected chi connectivity index (χ0v) is 11.2. The van der Waals surface area contributed by atoms with Crippen molar-refractivity contribution in [2.45, 2.75) is 13.0 Å². The molecule has 0 atom stereocenters. The molecular weight excluding hydrogens is 264 g/mol. The van der Waals surface area contributed by atoms with Gasteiger partial charge in [-0.3, -0.25) is 4.57 Å². The van der Waals surface area contributed by atoms with Crippen LogP contribution in [0.25, 0.3) is 11.2 Å². The van der Waals surface area contributed by atoms with Gasteiger partial charge in [-0.1, -0.05) is 11.6 Å². The van der Waals surface area contributed by atoms with Gasteiger partial charge < -0.3 is 10.3 Å². The lowest BCUT2D eigenvalue weighted by Crippen LogP contribution is -2.09. The predicted molar refractivity (Wildman–Crippen MR) is 73.9 cm³/mol. The van der Waals surface area contributed by atoms with Gasteiger partial charge in [0.25, 0.3) is 0 Å². The standard InChI is InChI=1S/C12H13ClN6/c1-18-5-3-15-10(18)2-4-19-11-9(17-12(19)14)6-8(13)7-16-11/h3,5-7H,2,4H2,1H3,(H2,14,17). The molecule has 0 aliphatic heterocycles. The molecule has 7 heteroatoms. The first-order valence-corrected chi connectivity index (χ1v) is 6.26. The van der Waals surface area contributed by atoms with E-state index >= 15 is 0 Å². The topological polar surface area (TPSA) is 74.5 Å². The van der Waals surface area contributed by atoms with Crippen LogP contribution in [-0.4, -0.2) is 24.1 Å². The van der Waals surface area contributed by atoms with Gasteiger partial charge in [-0.15, -0.1) is 0 Å². The molecular formula is C12H13ClN6. The Morgan fingerprint density at radius 2 is 2.21 bits per heavy atom. The normalized spacial score (nSPS) is 11.3. The third-order valence-corrected chi connectivity index (χ3v) is 3.27. The van der Waals surface area contributed by atoms with Gasteiger partial charge in [-0.05, 0) is 6.07 Å². The van der Waals surface area contributed by atoms with Gasteiger partial charge in [-0.25, -0.2) is 15.0 Å². The molecule has 19 heavy (non-hydrogen) atoms. The van der Waals surface area contributed by atoms with Gasteiger partial charge in [0.2, 0.25) is 5.95 Å². The minimum absolute atomic E-state index is 0.443. The van der Waals surface area contributed by atoms with Crippen LogP contribution < -0.4 is 5.73 Å². The number of anilines is 1. The van der Waals surface area contributed by atoms with E-state index in [1.807, 2.05) is 22.4 Å². The number of aromatic nitrogens is 5. The van der Waals surface area contributed by atoms with E-state index < -0.39 is 0 Å². The average molecular weight is 277 g/mol. The molecule has 0 spiro atoms. The number of pyridine rings is 1. The van der Waals surface area contributed by atoms with Crippen LogP contribution in [0.4, 0.5) is 5.95 Å². The monoisotopic (exact) mass is 276 g/mol. The van der Waals surface area contributed by atoms with Crippen LogP contribution >= 0.6 is 11.6 Å². The summed E-state index contributed by atoms with van der Waals surface area (Å²) in [6.45, 7) is 0.682. The first-order chi connectivity index (χ1) is 9.15. The molecule has 0 bridgehead atoms. The third kappa shape index (κ3) is 2.15.